The molecule has 0 saturated heterocycles. The summed E-state index contributed by atoms with van der Waals surface area (Å²) in [5, 5.41) is 9.00. The number of esters is 1. The number of carboxylic acids is 1. The molecule has 5 nitrogen and oxygen atoms in total. The normalized spacial score (nSPS) is 21.0. The number of hydrogen-bond donors (Lipinski definition) is 1. The third kappa shape index (κ3) is 2.56. The van der Waals surface area contributed by atoms with Crippen molar-refractivity contribution in [3.8, 4) is 5.75 Å². The number of ether oxygens (including phenoxy) is 2. The SMILES string of the molecule is COC(=O)c1ccc2c(c1)C[C@H](C(=O)O)[C@@H](C(F)F)O2. The summed E-state index contributed by atoms with van der Waals surface area (Å²) in [5.74, 6) is -3.13. The Balaban J connectivity index is 2.36. The van der Waals surface area contributed by atoms with Crippen LogP contribution in [-0.4, -0.2) is 36.7 Å². The Hall–Kier alpha value is -2.18. The van der Waals surface area contributed by atoms with Gasteiger partial charge in [0, 0.05) is 0 Å². The van der Waals surface area contributed by atoms with Crippen molar-refractivity contribution in [2.24, 2.45) is 5.92 Å². The smallest absolute Gasteiger partial charge is 0.337 e. The molecule has 1 N–H and O–H groups in total. The summed E-state index contributed by atoms with van der Waals surface area (Å²) in [6.07, 6.45) is -4.71. The van der Waals surface area contributed by atoms with E-state index in [4.69, 9.17) is 9.84 Å². The predicted octanol–water partition coefficient (Wildman–Crippen LogP) is 1.74. The Bertz CT molecular complexity index is 544. The number of halogens is 2. The van der Waals surface area contributed by atoms with Gasteiger partial charge in [0.25, 0.3) is 6.43 Å². The number of fused-ring (bicyclic) bond motifs is 1. The summed E-state index contributed by atoms with van der Waals surface area (Å²) in [5.41, 5.74) is 0.617. The second-order valence-electron chi connectivity index (χ2n) is 4.38. The van der Waals surface area contributed by atoms with Crippen molar-refractivity contribution in [2.75, 3.05) is 7.11 Å². The van der Waals surface area contributed by atoms with Crippen LogP contribution in [0.1, 0.15) is 15.9 Å². The van der Waals surface area contributed by atoms with Gasteiger partial charge in [0.1, 0.15) is 11.7 Å². The van der Waals surface area contributed by atoms with Gasteiger partial charge in [-0.15, -0.1) is 0 Å². The number of carbonyl (C=O) groups excluding carboxylic acids is 1. The van der Waals surface area contributed by atoms with Crippen LogP contribution >= 0.6 is 0 Å². The summed E-state index contributed by atoms with van der Waals surface area (Å²) in [6, 6.07) is 4.15. The second kappa shape index (κ2) is 5.44. The molecule has 1 aromatic rings. The summed E-state index contributed by atoms with van der Waals surface area (Å²) >= 11 is 0. The summed E-state index contributed by atoms with van der Waals surface area (Å²) in [4.78, 5) is 22.4. The zero-order valence-electron chi connectivity index (χ0n) is 10.5. The fourth-order valence-corrected chi connectivity index (χ4v) is 2.14. The van der Waals surface area contributed by atoms with Gasteiger partial charge >= 0.3 is 11.9 Å². The van der Waals surface area contributed by atoms with Gasteiger partial charge in [-0.2, -0.15) is 0 Å². The molecule has 0 amide bonds. The van der Waals surface area contributed by atoms with Crippen LogP contribution in [0, 0.1) is 5.92 Å². The van der Waals surface area contributed by atoms with E-state index < -0.39 is 30.4 Å². The van der Waals surface area contributed by atoms with E-state index in [1.807, 2.05) is 0 Å². The van der Waals surface area contributed by atoms with E-state index in [-0.39, 0.29) is 17.7 Å². The highest BCUT2D eigenvalue weighted by Crippen LogP contribution is 2.34. The molecule has 0 aromatic heterocycles. The fraction of sp³-hybridized carbons (Fsp3) is 0.385. The Morgan fingerprint density at radius 1 is 1.45 bits per heavy atom. The van der Waals surface area contributed by atoms with Gasteiger partial charge in [-0.05, 0) is 30.2 Å². The minimum absolute atomic E-state index is 0.121. The molecular weight excluding hydrogens is 274 g/mol. The van der Waals surface area contributed by atoms with Gasteiger partial charge in [-0.1, -0.05) is 0 Å². The fourth-order valence-electron chi connectivity index (χ4n) is 2.14. The van der Waals surface area contributed by atoms with E-state index in [1.54, 1.807) is 0 Å². The largest absolute Gasteiger partial charge is 0.483 e. The lowest BCUT2D eigenvalue weighted by atomic mass is 9.90. The standard InChI is InChI=1S/C13H12F2O5/c1-19-13(18)6-2-3-9-7(4-6)5-8(12(16)17)10(20-9)11(14)15/h2-4,8,10-11H,5H2,1H3,(H,16,17)/t8-,10-/m0/s1. The van der Waals surface area contributed by atoms with Crippen LogP contribution in [0.15, 0.2) is 18.2 Å². The molecule has 1 aliphatic rings. The Morgan fingerprint density at radius 2 is 2.15 bits per heavy atom. The van der Waals surface area contributed by atoms with Crippen LogP contribution in [-0.2, 0) is 16.0 Å². The molecule has 0 spiro atoms. The van der Waals surface area contributed by atoms with Crippen LogP contribution in [0.25, 0.3) is 0 Å². The van der Waals surface area contributed by atoms with Crippen molar-refractivity contribution in [1.29, 1.82) is 0 Å². The number of carboxylic acid groups (broad SMARTS) is 1. The minimum atomic E-state index is -2.90. The lowest BCUT2D eigenvalue weighted by molar-refractivity contribution is -0.150. The first-order chi connectivity index (χ1) is 9.43. The molecule has 2 rings (SSSR count). The quantitative estimate of drug-likeness (QED) is 0.857. The van der Waals surface area contributed by atoms with Gasteiger partial charge in [0.2, 0.25) is 0 Å². The molecule has 0 radical (unpaired) electrons. The van der Waals surface area contributed by atoms with Crippen LogP contribution in [0.4, 0.5) is 8.78 Å². The van der Waals surface area contributed by atoms with Gasteiger partial charge in [0.05, 0.1) is 12.7 Å². The molecule has 20 heavy (non-hydrogen) atoms. The van der Waals surface area contributed by atoms with Crippen molar-refractivity contribution in [2.45, 2.75) is 19.0 Å². The van der Waals surface area contributed by atoms with Gasteiger partial charge < -0.3 is 14.6 Å². The number of aliphatic carboxylic acids is 1. The van der Waals surface area contributed by atoms with E-state index in [9.17, 15) is 18.4 Å². The molecule has 7 heteroatoms. The summed E-state index contributed by atoms with van der Waals surface area (Å²) in [6.45, 7) is 0. The van der Waals surface area contributed by atoms with Crippen LogP contribution in [0.2, 0.25) is 0 Å². The second-order valence-corrected chi connectivity index (χ2v) is 4.38. The molecule has 1 heterocycles. The number of rotatable bonds is 3. The summed E-state index contributed by atoms with van der Waals surface area (Å²) in [7, 11) is 1.21. The molecule has 1 aromatic carbocycles. The third-order valence-electron chi connectivity index (χ3n) is 3.15. The molecular formula is C13H12F2O5. The Kier molecular flexibility index (Phi) is 3.87. The maximum atomic E-state index is 12.8. The maximum absolute atomic E-state index is 12.8. The summed E-state index contributed by atoms with van der Waals surface area (Å²) < 4.78 is 35.2. The highest BCUT2D eigenvalue weighted by molar-refractivity contribution is 5.89. The van der Waals surface area contributed by atoms with E-state index >= 15 is 0 Å². The van der Waals surface area contributed by atoms with Crippen LogP contribution in [0.3, 0.4) is 0 Å². The Labute approximate surface area is 113 Å². The lowest BCUT2D eigenvalue weighted by Gasteiger charge is -2.30. The molecule has 2 atom stereocenters. The topological polar surface area (TPSA) is 72.8 Å². The highest BCUT2D eigenvalue weighted by atomic mass is 19.3. The van der Waals surface area contributed by atoms with E-state index in [0.717, 1.165) is 0 Å². The Morgan fingerprint density at radius 3 is 2.70 bits per heavy atom. The molecule has 1 aliphatic heterocycles. The average molecular weight is 286 g/mol. The van der Waals surface area contributed by atoms with E-state index in [2.05, 4.69) is 4.74 Å². The van der Waals surface area contributed by atoms with Crippen LogP contribution in [0.5, 0.6) is 5.75 Å². The van der Waals surface area contributed by atoms with Gasteiger partial charge in [-0.25, -0.2) is 13.6 Å². The van der Waals surface area contributed by atoms with E-state index in [0.29, 0.717) is 5.56 Å². The highest BCUT2D eigenvalue weighted by Gasteiger charge is 2.41. The number of alkyl halides is 2. The number of carbonyl (C=O) groups is 2. The minimum Gasteiger partial charge on any atom is -0.483 e. The van der Waals surface area contributed by atoms with Crippen molar-refractivity contribution in [1.82, 2.24) is 0 Å². The maximum Gasteiger partial charge on any atom is 0.337 e. The van der Waals surface area contributed by atoms with Crippen molar-refractivity contribution < 1.29 is 33.0 Å². The third-order valence-corrected chi connectivity index (χ3v) is 3.15. The first-order valence-corrected chi connectivity index (χ1v) is 5.83. The zero-order valence-corrected chi connectivity index (χ0v) is 10.5. The first kappa shape index (κ1) is 14.2. The monoisotopic (exact) mass is 286 g/mol. The van der Waals surface area contributed by atoms with Crippen LogP contribution < -0.4 is 4.74 Å². The lowest BCUT2D eigenvalue weighted by Crippen LogP contribution is -2.42. The number of benzene rings is 1. The molecule has 0 unspecified atom stereocenters. The van der Waals surface area contributed by atoms with Crippen molar-refractivity contribution in [3.63, 3.8) is 0 Å². The molecule has 0 bridgehead atoms. The number of hydrogen-bond acceptors (Lipinski definition) is 4. The first-order valence-electron chi connectivity index (χ1n) is 5.83. The van der Waals surface area contributed by atoms with Crippen molar-refractivity contribution >= 4 is 11.9 Å². The van der Waals surface area contributed by atoms with E-state index in [1.165, 1.54) is 25.3 Å². The molecule has 0 saturated carbocycles. The molecule has 0 aliphatic carbocycles. The van der Waals surface area contributed by atoms with Crippen molar-refractivity contribution in [3.05, 3.63) is 29.3 Å². The molecule has 108 valence electrons. The average Bonchev–Trinajstić information content (AvgIpc) is 2.44. The predicted molar refractivity (Wildman–Crippen MR) is 63.0 cm³/mol. The molecule has 0 fully saturated rings. The zero-order chi connectivity index (χ0) is 14.9. The van der Waals surface area contributed by atoms with Gasteiger partial charge in [0.15, 0.2) is 6.10 Å². The van der Waals surface area contributed by atoms with Gasteiger partial charge in [-0.3, -0.25) is 4.79 Å². The number of methoxy groups -OCH3 is 1.